The normalized spacial score (nSPS) is 8.75. The van der Waals surface area contributed by atoms with Gasteiger partial charge in [0.15, 0.2) is 0 Å². The fraction of sp³-hybridized carbons (Fsp3) is 0.556. The molecule has 0 rings (SSSR count). The molecule has 0 aliphatic carbocycles. The second kappa shape index (κ2) is 21.1. The van der Waals surface area contributed by atoms with E-state index in [0.29, 0.717) is 0 Å². The summed E-state index contributed by atoms with van der Waals surface area (Å²) in [5.74, 6) is -3.31. The predicted octanol–water partition coefficient (Wildman–Crippen LogP) is -6.92. The van der Waals surface area contributed by atoms with Crippen LogP contribution in [0.4, 0.5) is 0 Å². The van der Waals surface area contributed by atoms with Gasteiger partial charge < -0.3 is 29.6 Å². The Kier molecular flexibility index (Phi) is 33.8. The number of hydrogen-bond donors (Lipinski definition) is 5. The number of rotatable bonds is 4. The second-order valence-corrected chi connectivity index (χ2v) is 2.99. The molecular weight excluding hydrogens is 294 g/mol. The topological polar surface area (TPSA) is 181 Å². The number of primary amides is 1. The van der Waals surface area contributed by atoms with Crippen LogP contribution in [-0.2, 0) is 19.2 Å². The van der Waals surface area contributed by atoms with E-state index in [1.54, 1.807) is 0 Å². The van der Waals surface area contributed by atoms with Gasteiger partial charge >= 0.3 is 65.1 Å². The zero-order chi connectivity index (χ0) is 15.3. The predicted molar refractivity (Wildman–Crippen MR) is 62.9 cm³/mol. The minimum Gasteiger partial charge on any atom is -1.00 e. The van der Waals surface area contributed by atoms with Crippen molar-refractivity contribution >= 4 is 23.8 Å². The summed E-state index contributed by atoms with van der Waals surface area (Å²) in [6.07, 6.45) is 0.123. The fourth-order valence-corrected chi connectivity index (χ4v) is 0.421. The van der Waals surface area contributed by atoms with E-state index in [4.69, 9.17) is 36.4 Å². The molecule has 0 radical (unpaired) electrons. The van der Waals surface area contributed by atoms with Crippen LogP contribution >= 0.6 is 0 Å². The minimum absolute atomic E-state index is 0. The van der Waals surface area contributed by atoms with Gasteiger partial charge in [0.2, 0.25) is 5.91 Å². The number of carboxylic acid groups (broad SMARTS) is 3. The molecule has 0 aromatic carbocycles. The molecule has 0 saturated heterocycles. The molecule has 110 valence electrons. The summed E-state index contributed by atoms with van der Waals surface area (Å²) in [5, 5.41) is 23.1. The molecule has 9 nitrogen and oxygen atoms in total. The van der Waals surface area contributed by atoms with Crippen LogP contribution in [0.5, 0.6) is 0 Å². The van der Waals surface area contributed by atoms with Crippen LogP contribution in [0.15, 0.2) is 0 Å². The molecule has 0 unspecified atom stereocenters. The van der Waals surface area contributed by atoms with E-state index in [1.165, 1.54) is 0 Å². The number of carbonyl (C=O) groups is 4. The molecule has 0 aromatic rings. The molecule has 0 bridgehead atoms. The average molecular weight is 314 g/mol. The maximum atomic E-state index is 10.1. The molecule has 11 heteroatoms. The Morgan fingerprint density at radius 1 is 1.00 bits per heavy atom. The van der Waals surface area contributed by atoms with Gasteiger partial charge in [0, 0.05) is 20.3 Å². The summed E-state index contributed by atoms with van der Waals surface area (Å²) in [6, 6.07) is -0.979. The Morgan fingerprint density at radius 2 is 1.25 bits per heavy atom. The zero-order valence-corrected chi connectivity index (χ0v) is 16.1. The van der Waals surface area contributed by atoms with Crippen molar-refractivity contribution in [2.75, 3.05) is 0 Å². The SMILES string of the molecule is CC(=O)O.CC(=O)O.NC(=O)CC[C@H](N)C(=O)O.[H-].[H-].[Na+].[Na+]. The summed E-state index contributed by atoms with van der Waals surface area (Å²) in [7, 11) is 0. The van der Waals surface area contributed by atoms with Gasteiger partial charge in [-0.15, -0.1) is 0 Å². The number of amides is 1. The monoisotopic (exact) mass is 314 g/mol. The number of aliphatic carboxylic acids is 3. The van der Waals surface area contributed by atoms with Gasteiger partial charge in [0.25, 0.3) is 11.9 Å². The van der Waals surface area contributed by atoms with E-state index < -0.39 is 29.9 Å². The standard InChI is InChI=1S/C5H10N2O3.2C2H4O2.2Na.2H/c6-3(5(9)10)1-2-4(7)8;2*1-2(3)4;;;;/h3H,1-2,6H2,(H2,7,8)(H,9,10);2*1H3,(H,3,4);;;;/q;;;2*+1;2*-1/t3-;;;;;;/m0....../s1. The third-order valence-corrected chi connectivity index (χ3v) is 1.02. The molecule has 0 aliphatic heterocycles. The van der Waals surface area contributed by atoms with E-state index in [2.05, 4.69) is 0 Å². The zero-order valence-electron chi connectivity index (χ0n) is 14.1. The van der Waals surface area contributed by atoms with Gasteiger partial charge in [0.1, 0.15) is 6.04 Å². The summed E-state index contributed by atoms with van der Waals surface area (Å²) in [6.45, 7) is 2.17. The number of carboxylic acids is 3. The third kappa shape index (κ3) is 64.7. The van der Waals surface area contributed by atoms with E-state index >= 15 is 0 Å². The number of nitrogens with two attached hydrogens (primary N) is 2. The Hall–Kier alpha value is -0.160. The first-order valence-corrected chi connectivity index (χ1v) is 4.66. The van der Waals surface area contributed by atoms with Crippen LogP contribution in [0.3, 0.4) is 0 Å². The van der Waals surface area contributed by atoms with Crippen LogP contribution < -0.4 is 70.6 Å². The maximum absolute atomic E-state index is 10.1. The molecular formula is C9H20N2Na2O7. The van der Waals surface area contributed by atoms with Crippen LogP contribution in [-0.4, -0.2) is 45.2 Å². The first-order valence-electron chi connectivity index (χ1n) is 4.66. The van der Waals surface area contributed by atoms with Crippen LogP contribution in [0.25, 0.3) is 0 Å². The van der Waals surface area contributed by atoms with E-state index in [0.717, 1.165) is 13.8 Å². The molecule has 0 heterocycles. The van der Waals surface area contributed by atoms with Gasteiger partial charge in [-0.3, -0.25) is 19.2 Å². The molecule has 0 fully saturated rings. The fourth-order valence-electron chi connectivity index (χ4n) is 0.421. The number of hydrogen-bond acceptors (Lipinski definition) is 5. The van der Waals surface area contributed by atoms with Crippen molar-refractivity contribution in [2.24, 2.45) is 11.5 Å². The van der Waals surface area contributed by atoms with Crippen LogP contribution in [0, 0.1) is 0 Å². The van der Waals surface area contributed by atoms with Gasteiger partial charge in [0.05, 0.1) is 0 Å². The molecule has 7 N–H and O–H groups in total. The van der Waals surface area contributed by atoms with Crippen molar-refractivity contribution in [3.63, 3.8) is 0 Å². The van der Waals surface area contributed by atoms with Gasteiger partial charge in [-0.1, -0.05) is 0 Å². The van der Waals surface area contributed by atoms with E-state index in [1.807, 2.05) is 0 Å². The summed E-state index contributed by atoms with van der Waals surface area (Å²) in [5.41, 5.74) is 9.81. The smallest absolute Gasteiger partial charge is 1.00 e. The van der Waals surface area contributed by atoms with E-state index in [9.17, 15) is 9.59 Å². The van der Waals surface area contributed by atoms with E-state index in [-0.39, 0.29) is 74.8 Å². The summed E-state index contributed by atoms with van der Waals surface area (Å²) >= 11 is 0. The summed E-state index contributed by atoms with van der Waals surface area (Å²) in [4.78, 5) is 38.1. The van der Waals surface area contributed by atoms with Gasteiger partial charge in [-0.2, -0.15) is 0 Å². The number of carbonyl (C=O) groups excluding carboxylic acids is 1. The van der Waals surface area contributed by atoms with Crippen molar-refractivity contribution in [3.8, 4) is 0 Å². The first-order chi connectivity index (χ1) is 8.00. The molecule has 1 atom stereocenters. The molecule has 1 amide bonds. The largest absolute Gasteiger partial charge is 1.00 e. The van der Waals surface area contributed by atoms with Crippen molar-refractivity contribution in [1.82, 2.24) is 0 Å². The Bertz CT molecular complexity index is 290. The van der Waals surface area contributed by atoms with Crippen LogP contribution in [0.1, 0.15) is 29.5 Å². The Balaban J connectivity index is -0.0000000325. The third-order valence-electron chi connectivity index (χ3n) is 1.02. The van der Waals surface area contributed by atoms with Crippen molar-refractivity contribution in [1.29, 1.82) is 0 Å². The molecule has 0 aromatic heterocycles. The molecule has 20 heavy (non-hydrogen) atoms. The average Bonchev–Trinajstić information content (AvgIpc) is 2.11. The minimum atomic E-state index is -1.11. The van der Waals surface area contributed by atoms with Crippen LogP contribution in [0.2, 0.25) is 0 Å². The van der Waals surface area contributed by atoms with Crippen molar-refractivity contribution < 1.29 is 96.5 Å². The Labute approximate surface area is 163 Å². The van der Waals surface area contributed by atoms with Crippen molar-refractivity contribution in [2.45, 2.75) is 32.7 Å². The second-order valence-electron chi connectivity index (χ2n) is 2.99. The molecule has 0 aliphatic rings. The maximum Gasteiger partial charge on any atom is 1.00 e. The first kappa shape index (κ1) is 32.0. The molecule has 0 spiro atoms. The van der Waals surface area contributed by atoms with Crippen molar-refractivity contribution in [3.05, 3.63) is 0 Å². The summed E-state index contributed by atoms with van der Waals surface area (Å²) < 4.78 is 0. The van der Waals surface area contributed by atoms with Gasteiger partial charge in [-0.25, -0.2) is 0 Å². The molecule has 0 saturated carbocycles. The van der Waals surface area contributed by atoms with Gasteiger partial charge in [-0.05, 0) is 6.42 Å². The quantitative estimate of drug-likeness (QED) is 0.317. The Morgan fingerprint density at radius 3 is 1.40 bits per heavy atom.